The molecule has 27 heavy (non-hydrogen) atoms. The minimum absolute atomic E-state index is 0.0674. The molecule has 0 bridgehead atoms. The van der Waals surface area contributed by atoms with Gasteiger partial charge < -0.3 is 10.6 Å². The maximum absolute atomic E-state index is 11.8. The molecule has 0 saturated carbocycles. The van der Waals surface area contributed by atoms with Gasteiger partial charge in [-0.05, 0) is 50.1 Å². The summed E-state index contributed by atoms with van der Waals surface area (Å²) in [6, 6.07) is 13.6. The Morgan fingerprint density at radius 3 is 2.59 bits per heavy atom. The largest absolute Gasteiger partial charge is 0.355 e. The van der Waals surface area contributed by atoms with Gasteiger partial charge in [0.1, 0.15) is 0 Å². The van der Waals surface area contributed by atoms with Crippen LogP contribution in [0.2, 0.25) is 0 Å². The number of carbonyl (C=O) groups excluding carboxylic acids is 2. The summed E-state index contributed by atoms with van der Waals surface area (Å²) in [7, 11) is 0. The molecule has 0 aliphatic carbocycles. The molecular weight excluding hydrogens is 408 g/mol. The predicted octanol–water partition coefficient (Wildman–Crippen LogP) is 3.87. The first kappa shape index (κ1) is 20.6. The third kappa shape index (κ3) is 6.21. The molecule has 2 amide bonds. The molecule has 0 aromatic heterocycles. The Morgan fingerprint density at radius 2 is 1.89 bits per heavy atom. The molecule has 0 spiro atoms. The summed E-state index contributed by atoms with van der Waals surface area (Å²) in [5.41, 5.74) is 5.93. The Balaban J connectivity index is 2.10. The van der Waals surface area contributed by atoms with Gasteiger partial charge in [0.15, 0.2) is 0 Å². The average molecular weight is 431 g/mol. The smallest absolute Gasteiger partial charge is 0.329 e. The van der Waals surface area contributed by atoms with Crippen molar-refractivity contribution in [2.24, 2.45) is 5.10 Å². The number of nitrogens with zero attached hydrogens (tertiary/aromatic N) is 1. The van der Waals surface area contributed by atoms with E-state index in [1.807, 2.05) is 63.2 Å². The third-order valence-corrected chi connectivity index (χ3v) is 4.49. The van der Waals surface area contributed by atoms with Gasteiger partial charge in [-0.1, -0.05) is 41.1 Å². The fraction of sp³-hybridized carbons (Fsp3) is 0.250. The Hall–Kier alpha value is -2.67. The van der Waals surface area contributed by atoms with Crippen molar-refractivity contribution in [2.45, 2.75) is 33.2 Å². The molecule has 6 nitrogen and oxygen atoms in total. The van der Waals surface area contributed by atoms with Gasteiger partial charge >= 0.3 is 11.8 Å². The summed E-state index contributed by atoms with van der Waals surface area (Å²) < 4.78 is 0.875. The van der Waals surface area contributed by atoms with E-state index in [9.17, 15) is 9.59 Å². The van der Waals surface area contributed by atoms with E-state index in [2.05, 4.69) is 37.1 Å². The number of benzene rings is 2. The standard InChI is InChI=1S/C20H23BrN4O2/c1-4-14(3)23-19(26)20(27)25-22-12-15-11-16(21)9-10-18(15)24-17-8-6-5-7-13(17)2/h5-12,14,24H,4H2,1-3H3,(H,23,26)(H,25,27)/b22-12-/t14-/m0/s1. The van der Waals surface area contributed by atoms with Gasteiger partial charge in [0.25, 0.3) is 0 Å². The van der Waals surface area contributed by atoms with Crippen molar-refractivity contribution in [3.8, 4) is 0 Å². The minimum atomic E-state index is -0.796. The van der Waals surface area contributed by atoms with E-state index in [-0.39, 0.29) is 6.04 Å². The van der Waals surface area contributed by atoms with Crippen LogP contribution >= 0.6 is 15.9 Å². The second-order valence-corrected chi connectivity index (χ2v) is 7.07. The molecular formula is C20H23BrN4O2. The molecule has 2 rings (SSSR count). The van der Waals surface area contributed by atoms with Crippen LogP contribution < -0.4 is 16.1 Å². The van der Waals surface area contributed by atoms with Gasteiger partial charge in [-0.25, -0.2) is 5.43 Å². The number of nitrogens with one attached hydrogen (secondary N) is 3. The summed E-state index contributed by atoms with van der Waals surface area (Å²) in [6.07, 6.45) is 2.24. The summed E-state index contributed by atoms with van der Waals surface area (Å²) in [4.78, 5) is 23.5. The first-order valence-corrected chi connectivity index (χ1v) is 9.46. The van der Waals surface area contributed by atoms with E-state index < -0.39 is 11.8 Å². The van der Waals surface area contributed by atoms with Crippen LogP contribution in [0.4, 0.5) is 11.4 Å². The van der Waals surface area contributed by atoms with Gasteiger partial charge in [0.2, 0.25) is 0 Å². The highest BCUT2D eigenvalue weighted by molar-refractivity contribution is 9.10. The lowest BCUT2D eigenvalue weighted by Gasteiger charge is -2.12. The van der Waals surface area contributed by atoms with Crippen LogP contribution in [0.3, 0.4) is 0 Å². The molecule has 0 radical (unpaired) electrons. The topological polar surface area (TPSA) is 82.6 Å². The maximum atomic E-state index is 11.8. The van der Waals surface area contributed by atoms with Crippen molar-refractivity contribution in [1.82, 2.24) is 10.7 Å². The van der Waals surface area contributed by atoms with E-state index in [0.717, 1.165) is 33.4 Å². The zero-order chi connectivity index (χ0) is 19.8. The van der Waals surface area contributed by atoms with E-state index in [1.54, 1.807) is 0 Å². The fourth-order valence-corrected chi connectivity index (χ4v) is 2.59. The lowest BCUT2D eigenvalue weighted by atomic mass is 10.1. The molecule has 0 heterocycles. The average Bonchev–Trinajstić information content (AvgIpc) is 2.65. The zero-order valence-electron chi connectivity index (χ0n) is 15.5. The van der Waals surface area contributed by atoms with E-state index in [0.29, 0.717) is 0 Å². The Bertz CT molecular complexity index is 852. The fourth-order valence-electron chi connectivity index (χ4n) is 2.22. The van der Waals surface area contributed by atoms with Crippen molar-refractivity contribution < 1.29 is 9.59 Å². The van der Waals surface area contributed by atoms with Crippen LogP contribution in [0.25, 0.3) is 0 Å². The summed E-state index contributed by atoms with van der Waals surface area (Å²) in [5, 5.41) is 9.87. The van der Waals surface area contributed by atoms with E-state index in [1.165, 1.54) is 6.21 Å². The van der Waals surface area contributed by atoms with E-state index >= 15 is 0 Å². The van der Waals surface area contributed by atoms with Gasteiger partial charge in [-0.3, -0.25) is 9.59 Å². The molecule has 2 aromatic carbocycles. The van der Waals surface area contributed by atoms with Crippen LogP contribution in [-0.4, -0.2) is 24.1 Å². The van der Waals surface area contributed by atoms with Crippen LogP contribution in [0, 0.1) is 6.92 Å². The number of amides is 2. The highest BCUT2D eigenvalue weighted by Gasteiger charge is 2.14. The molecule has 2 aromatic rings. The van der Waals surface area contributed by atoms with Crippen LogP contribution in [0.15, 0.2) is 52.0 Å². The van der Waals surface area contributed by atoms with E-state index in [4.69, 9.17) is 0 Å². The Kier molecular flexibility index (Phi) is 7.55. The molecule has 7 heteroatoms. The molecule has 0 unspecified atom stereocenters. The first-order valence-electron chi connectivity index (χ1n) is 8.66. The Labute approximate surface area is 167 Å². The van der Waals surface area contributed by atoms with Crippen LogP contribution in [0.5, 0.6) is 0 Å². The SMILES string of the molecule is CC[C@H](C)NC(=O)C(=O)N/N=C\c1cc(Br)ccc1Nc1ccccc1C. The maximum Gasteiger partial charge on any atom is 0.329 e. The number of halogens is 1. The first-order chi connectivity index (χ1) is 12.9. The third-order valence-electron chi connectivity index (χ3n) is 3.99. The quantitative estimate of drug-likeness (QED) is 0.369. The minimum Gasteiger partial charge on any atom is -0.355 e. The number of hydrogen-bond acceptors (Lipinski definition) is 4. The number of hydrogen-bond donors (Lipinski definition) is 3. The normalized spacial score (nSPS) is 11.9. The summed E-state index contributed by atoms with van der Waals surface area (Å²) in [6.45, 7) is 5.78. The van der Waals surface area contributed by atoms with Crippen molar-refractivity contribution in [3.05, 3.63) is 58.1 Å². The number of hydrazone groups is 1. The van der Waals surface area contributed by atoms with Crippen molar-refractivity contribution in [3.63, 3.8) is 0 Å². The van der Waals surface area contributed by atoms with Gasteiger partial charge in [0.05, 0.1) is 6.21 Å². The molecule has 0 aliphatic rings. The predicted molar refractivity (Wildman–Crippen MR) is 112 cm³/mol. The number of rotatable bonds is 6. The second-order valence-electron chi connectivity index (χ2n) is 6.15. The zero-order valence-corrected chi connectivity index (χ0v) is 17.1. The molecule has 0 saturated heterocycles. The van der Waals surface area contributed by atoms with Crippen molar-refractivity contribution in [1.29, 1.82) is 0 Å². The van der Waals surface area contributed by atoms with Crippen molar-refractivity contribution >= 4 is 45.3 Å². The number of para-hydroxylation sites is 1. The van der Waals surface area contributed by atoms with Gasteiger partial charge in [0, 0.05) is 27.5 Å². The highest BCUT2D eigenvalue weighted by atomic mass is 79.9. The van der Waals surface area contributed by atoms with Crippen molar-refractivity contribution in [2.75, 3.05) is 5.32 Å². The highest BCUT2D eigenvalue weighted by Crippen LogP contribution is 2.25. The number of carbonyl (C=O) groups is 2. The Morgan fingerprint density at radius 1 is 1.15 bits per heavy atom. The molecule has 1 atom stereocenters. The van der Waals surface area contributed by atoms with Crippen LogP contribution in [0.1, 0.15) is 31.4 Å². The molecule has 0 aliphatic heterocycles. The number of anilines is 2. The molecule has 0 fully saturated rings. The molecule has 3 N–H and O–H groups in total. The van der Waals surface area contributed by atoms with Gasteiger partial charge in [-0.2, -0.15) is 5.10 Å². The summed E-state index contributed by atoms with van der Waals surface area (Å²) >= 11 is 3.43. The van der Waals surface area contributed by atoms with Gasteiger partial charge in [-0.15, -0.1) is 0 Å². The monoisotopic (exact) mass is 430 g/mol. The summed E-state index contributed by atoms with van der Waals surface area (Å²) in [5.74, 6) is -1.50. The second kappa shape index (κ2) is 9.87. The van der Waals surface area contributed by atoms with Crippen LogP contribution in [-0.2, 0) is 9.59 Å². The lowest BCUT2D eigenvalue weighted by Crippen LogP contribution is -2.41. The lowest BCUT2D eigenvalue weighted by molar-refractivity contribution is -0.139. The molecule has 142 valence electrons. The number of aryl methyl sites for hydroxylation is 1.